The molecule has 15 heavy (non-hydrogen) atoms. The number of allylic oxidation sites excluding steroid dienone is 2. The van der Waals surface area contributed by atoms with Gasteiger partial charge in [0.2, 0.25) is 0 Å². The topological polar surface area (TPSA) is 18.5 Å². The minimum absolute atomic E-state index is 0.224. The summed E-state index contributed by atoms with van der Waals surface area (Å²) in [6.45, 7) is 11.4. The molecule has 0 unspecified atom stereocenters. The standard InChI is InChI=1S/C13H24O2/c1-5-8-9-12(4)10-11-13(14-6-2)15-7-3/h10-11,13H,4-9H2,1-3H3/b11-10+. The average molecular weight is 212 g/mol. The molecule has 2 nitrogen and oxygen atoms in total. The molecule has 2 heteroatoms. The van der Waals surface area contributed by atoms with Crippen molar-refractivity contribution in [3.63, 3.8) is 0 Å². The van der Waals surface area contributed by atoms with Crippen LogP contribution < -0.4 is 0 Å². The first kappa shape index (κ1) is 14.4. The van der Waals surface area contributed by atoms with Crippen LogP contribution in [0.25, 0.3) is 0 Å². The van der Waals surface area contributed by atoms with Crippen LogP contribution in [0.3, 0.4) is 0 Å². The molecule has 0 saturated carbocycles. The van der Waals surface area contributed by atoms with Gasteiger partial charge in [-0.25, -0.2) is 0 Å². The second-order valence-corrected chi connectivity index (χ2v) is 3.40. The van der Waals surface area contributed by atoms with Crippen LogP contribution in [0, 0.1) is 0 Å². The third-order valence-corrected chi connectivity index (χ3v) is 2.00. The molecule has 0 aliphatic heterocycles. The Morgan fingerprint density at radius 1 is 1.20 bits per heavy atom. The van der Waals surface area contributed by atoms with Crippen molar-refractivity contribution in [2.24, 2.45) is 0 Å². The average Bonchev–Trinajstić information content (AvgIpc) is 2.23. The van der Waals surface area contributed by atoms with Gasteiger partial charge in [0.1, 0.15) is 0 Å². The maximum absolute atomic E-state index is 5.39. The Labute approximate surface area is 94.0 Å². The van der Waals surface area contributed by atoms with E-state index in [4.69, 9.17) is 9.47 Å². The summed E-state index contributed by atoms with van der Waals surface area (Å²) in [6.07, 6.45) is 7.16. The van der Waals surface area contributed by atoms with Crippen LogP contribution in [0.15, 0.2) is 24.3 Å². The highest BCUT2D eigenvalue weighted by Gasteiger charge is 2.01. The molecular weight excluding hydrogens is 188 g/mol. The van der Waals surface area contributed by atoms with Gasteiger partial charge in [-0.3, -0.25) is 0 Å². The van der Waals surface area contributed by atoms with Crippen molar-refractivity contribution in [3.05, 3.63) is 24.3 Å². The largest absolute Gasteiger partial charge is 0.349 e. The van der Waals surface area contributed by atoms with E-state index in [2.05, 4.69) is 13.5 Å². The van der Waals surface area contributed by atoms with Gasteiger partial charge >= 0.3 is 0 Å². The second-order valence-electron chi connectivity index (χ2n) is 3.40. The summed E-state index contributed by atoms with van der Waals surface area (Å²) in [5, 5.41) is 0. The minimum Gasteiger partial charge on any atom is -0.349 e. The highest BCUT2D eigenvalue weighted by molar-refractivity contribution is 5.14. The Morgan fingerprint density at radius 2 is 1.80 bits per heavy atom. The predicted molar refractivity (Wildman–Crippen MR) is 64.8 cm³/mol. The van der Waals surface area contributed by atoms with Crippen LogP contribution >= 0.6 is 0 Å². The first-order valence-electron chi connectivity index (χ1n) is 5.83. The van der Waals surface area contributed by atoms with Gasteiger partial charge in [0, 0.05) is 13.2 Å². The van der Waals surface area contributed by atoms with Crippen LogP contribution in [0.2, 0.25) is 0 Å². The Bertz CT molecular complexity index is 179. The van der Waals surface area contributed by atoms with E-state index < -0.39 is 0 Å². The summed E-state index contributed by atoms with van der Waals surface area (Å²) in [5.41, 5.74) is 1.14. The van der Waals surface area contributed by atoms with E-state index in [-0.39, 0.29) is 6.29 Å². The first-order valence-corrected chi connectivity index (χ1v) is 5.83. The monoisotopic (exact) mass is 212 g/mol. The van der Waals surface area contributed by atoms with E-state index in [1.165, 1.54) is 12.8 Å². The summed E-state index contributed by atoms with van der Waals surface area (Å²) in [7, 11) is 0. The van der Waals surface area contributed by atoms with E-state index in [0.717, 1.165) is 12.0 Å². The third-order valence-electron chi connectivity index (χ3n) is 2.00. The molecule has 0 amide bonds. The summed E-state index contributed by atoms with van der Waals surface area (Å²) >= 11 is 0. The molecule has 0 heterocycles. The Kier molecular flexibility index (Phi) is 9.54. The number of unbranched alkanes of at least 4 members (excludes halogenated alkanes) is 1. The lowest BCUT2D eigenvalue weighted by Gasteiger charge is -2.12. The lowest BCUT2D eigenvalue weighted by Crippen LogP contribution is -2.14. The summed E-state index contributed by atoms with van der Waals surface area (Å²) in [4.78, 5) is 0. The second kappa shape index (κ2) is 9.94. The Hall–Kier alpha value is -0.600. The molecule has 0 spiro atoms. The summed E-state index contributed by atoms with van der Waals surface area (Å²) < 4.78 is 10.8. The molecule has 0 aromatic heterocycles. The molecule has 0 aliphatic carbocycles. The van der Waals surface area contributed by atoms with Crippen molar-refractivity contribution in [3.8, 4) is 0 Å². The first-order chi connectivity index (χ1) is 7.24. The molecule has 0 bridgehead atoms. The van der Waals surface area contributed by atoms with Crippen LogP contribution in [0.5, 0.6) is 0 Å². The number of hydrogen-bond donors (Lipinski definition) is 0. The molecule has 0 radical (unpaired) electrons. The lowest BCUT2D eigenvalue weighted by molar-refractivity contribution is -0.103. The summed E-state index contributed by atoms with van der Waals surface area (Å²) in [5.74, 6) is 0. The van der Waals surface area contributed by atoms with Gasteiger partial charge < -0.3 is 9.47 Å². The van der Waals surface area contributed by atoms with E-state index in [1.54, 1.807) is 0 Å². The van der Waals surface area contributed by atoms with Crippen LogP contribution in [0.4, 0.5) is 0 Å². The van der Waals surface area contributed by atoms with Crippen molar-refractivity contribution in [2.45, 2.75) is 46.3 Å². The fourth-order valence-electron chi connectivity index (χ4n) is 1.19. The van der Waals surface area contributed by atoms with Crippen molar-refractivity contribution in [1.29, 1.82) is 0 Å². The van der Waals surface area contributed by atoms with Gasteiger partial charge in [0.25, 0.3) is 0 Å². The van der Waals surface area contributed by atoms with Crippen LogP contribution in [0.1, 0.15) is 40.0 Å². The van der Waals surface area contributed by atoms with Gasteiger partial charge in [-0.2, -0.15) is 0 Å². The van der Waals surface area contributed by atoms with Crippen LogP contribution in [-0.2, 0) is 9.47 Å². The smallest absolute Gasteiger partial charge is 0.177 e. The Morgan fingerprint density at radius 3 is 2.27 bits per heavy atom. The zero-order valence-electron chi connectivity index (χ0n) is 10.3. The molecule has 0 aromatic rings. The molecule has 0 fully saturated rings. The van der Waals surface area contributed by atoms with Gasteiger partial charge in [0.05, 0.1) is 0 Å². The van der Waals surface area contributed by atoms with E-state index >= 15 is 0 Å². The number of hydrogen-bond acceptors (Lipinski definition) is 2. The minimum atomic E-state index is -0.224. The highest BCUT2D eigenvalue weighted by atomic mass is 16.7. The molecular formula is C13H24O2. The van der Waals surface area contributed by atoms with Gasteiger partial charge in [-0.05, 0) is 32.8 Å². The normalized spacial score (nSPS) is 11.5. The van der Waals surface area contributed by atoms with Gasteiger partial charge in [0.15, 0.2) is 6.29 Å². The molecule has 0 rings (SSSR count). The van der Waals surface area contributed by atoms with E-state index in [1.807, 2.05) is 26.0 Å². The van der Waals surface area contributed by atoms with E-state index in [0.29, 0.717) is 13.2 Å². The van der Waals surface area contributed by atoms with E-state index in [9.17, 15) is 0 Å². The molecule has 0 N–H and O–H groups in total. The molecule has 88 valence electrons. The molecule has 0 aliphatic rings. The lowest BCUT2D eigenvalue weighted by atomic mass is 10.1. The molecule has 0 aromatic carbocycles. The maximum Gasteiger partial charge on any atom is 0.177 e. The van der Waals surface area contributed by atoms with Gasteiger partial charge in [-0.15, -0.1) is 0 Å². The molecule has 0 saturated heterocycles. The SMILES string of the molecule is C=C(/C=C/C(OCC)OCC)CCCC. The highest BCUT2D eigenvalue weighted by Crippen LogP contribution is 2.07. The zero-order chi connectivity index (χ0) is 11.5. The number of rotatable bonds is 9. The van der Waals surface area contributed by atoms with Crippen molar-refractivity contribution >= 4 is 0 Å². The van der Waals surface area contributed by atoms with Crippen LogP contribution in [-0.4, -0.2) is 19.5 Å². The summed E-state index contributed by atoms with van der Waals surface area (Å²) in [6, 6.07) is 0. The molecule has 0 atom stereocenters. The van der Waals surface area contributed by atoms with Gasteiger partial charge in [-0.1, -0.05) is 31.6 Å². The predicted octanol–water partition coefficient (Wildman–Crippen LogP) is 3.69. The third kappa shape index (κ3) is 8.40. The van der Waals surface area contributed by atoms with Crippen molar-refractivity contribution in [1.82, 2.24) is 0 Å². The quantitative estimate of drug-likeness (QED) is 0.428. The van der Waals surface area contributed by atoms with Crippen molar-refractivity contribution < 1.29 is 9.47 Å². The number of ether oxygens (including phenoxy) is 2. The zero-order valence-corrected chi connectivity index (χ0v) is 10.3. The van der Waals surface area contributed by atoms with Crippen molar-refractivity contribution in [2.75, 3.05) is 13.2 Å². The Balaban J connectivity index is 3.90. The fraction of sp³-hybridized carbons (Fsp3) is 0.692. The maximum atomic E-state index is 5.39. The fourth-order valence-corrected chi connectivity index (χ4v) is 1.19.